The molecule has 0 bridgehead atoms. The number of rotatable bonds is 5. The van der Waals surface area contributed by atoms with Crippen LogP contribution in [0.25, 0.3) is 0 Å². The molecule has 2 nitrogen and oxygen atoms in total. The maximum atomic E-state index is 3.55. The van der Waals surface area contributed by atoms with Gasteiger partial charge in [0.05, 0.1) is 0 Å². The number of hydrogen-bond acceptors (Lipinski definition) is 2. The molecule has 2 aliphatic carbocycles. The lowest BCUT2D eigenvalue weighted by Crippen LogP contribution is -2.38. The second-order valence-corrected chi connectivity index (χ2v) is 7.14. The van der Waals surface area contributed by atoms with E-state index in [2.05, 4.69) is 23.3 Å². The van der Waals surface area contributed by atoms with E-state index in [1.807, 2.05) is 0 Å². The molecule has 2 unspecified atom stereocenters. The molecule has 0 saturated heterocycles. The largest absolute Gasteiger partial charge is 0.374 e. The molecule has 114 valence electrons. The van der Waals surface area contributed by atoms with Crippen molar-refractivity contribution in [3.63, 3.8) is 0 Å². The molecule has 2 saturated carbocycles. The van der Waals surface area contributed by atoms with Gasteiger partial charge in [-0.15, -0.1) is 0 Å². The third-order valence-electron chi connectivity index (χ3n) is 5.74. The van der Waals surface area contributed by atoms with Crippen LogP contribution < -0.4 is 5.32 Å². The molecule has 0 aromatic rings. The molecule has 3 rings (SSSR count). The average molecular weight is 276 g/mol. The molecule has 2 fully saturated rings. The molecule has 1 aliphatic heterocycles. The first kappa shape index (κ1) is 14.4. The fourth-order valence-corrected chi connectivity index (χ4v) is 4.65. The van der Waals surface area contributed by atoms with E-state index in [0.29, 0.717) is 0 Å². The van der Waals surface area contributed by atoms with E-state index in [9.17, 15) is 0 Å². The van der Waals surface area contributed by atoms with E-state index in [4.69, 9.17) is 0 Å². The van der Waals surface area contributed by atoms with Gasteiger partial charge in [-0.2, -0.15) is 0 Å². The molecule has 0 aromatic carbocycles. The summed E-state index contributed by atoms with van der Waals surface area (Å²) in [5.41, 5.74) is 1.70. The van der Waals surface area contributed by atoms with Crippen molar-refractivity contribution < 1.29 is 0 Å². The standard InChI is InChI=1S/C18H32N2/c1-2-19-12-16-14-20(13-15-8-4-3-5-9-15)18-11-7-6-10-17(16)18/h14-15,17-19H,2-13H2,1H3. The van der Waals surface area contributed by atoms with E-state index in [0.717, 1.165) is 31.0 Å². The second-order valence-electron chi connectivity index (χ2n) is 7.14. The van der Waals surface area contributed by atoms with Gasteiger partial charge in [0.1, 0.15) is 0 Å². The van der Waals surface area contributed by atoms with Crippen LogP contribution in [0, 0.1) is 11.8 Å². The highest BCUT2D eigenvalue weighted by atomic mass is 15.2. The molecule has 2 heteroatoms. The van der Waals surface area contributed by atoms with Crippen molar-refractivity contribution in [2.45, 2.75) is 70.8 Å². The molecule has 3 aliphatic rings. The Bertz CT molecular complexity index is 330. The summed E-state index contributed by atoms with van der Waals surface area (Å²) in [7, 11) is 0. The van der Waals surface area contributed by atoms with Crippen molar-refractivity contribution in [1.29, 1.82) is 0 Å². The number of fused-ring (bicyclic) bond motifs is 1. The van der Waals surface area contributed by atoms with Crippen LogP contribution in [-0.4, -0.2) is 30.6 Å². The summed E-state index contributed by atoms with van der Waals surface area (Å²) in [5, 5.41) is 3.55. The Labute approximate surface area is 125 Å². The van der Waals surface area contributed by atoms with Gasteiger partial charge in [0, 0.05) is 31.2 Å². The Morgan fingerprint density at radius 3 is 2.60 bits per heavy atom. The fourth-order valence-electron chi connectivity index (χ4n) is 4.65. The predicted octanol–water partition coefficient (Wildman–Crippen LogP) is 3.93. The minimum atomic E-state index is 0.847. The molecular weight excluding hydrogens is 244 g/mol. The lowest BCUT2D eigenvalue weighted by Gasteiger charge is -2.36. The third-order valence-corrected chi connectivity index (χ3v) is 5.74. The Balaban J connectivity index is 1.63. The number of hydrogen-bond donors (Lipinski definition) is 1. The summed E-state index contributed by atoms with van der Waals surface area (Å²) in [6, 6.07) is 0.847. The van der Waals surface area contributed by atoms with E-state index in [1.165, 1.54) is 64.3 Å². The summed E-state index contributed by atoms with van der Waals surface area (Å²) in [5.74, 6) is 1.84. The Kier molecular flexibility index (Phi) is 5.04. The fraction of sp³-hybridized carbons (Fsp3) is 0.889. The lowest BCUT2D eigenvalue weighted by atomic mass is 9.81. The van der Waals surface area contributed by atoms with E-state index >= 15 is 0 Å². The van der Waals surface area contributed by atoms with Crippen LogP contribution in [0.2, 0.25) is 0 Å². The minimum absolute atomic E-state index is 0.847. The Morgan fingerprint density at radius 2 is 1.80 bits per heavy atom. The van der Waals surface area contributed by atoms with Gasteiger partial charge in [0.15, 0.2) is 0 Å². The molecule has 0 aromatic heterocycles. The molecule has 1 N–H and O–H groups in total. The first-order valence-corrected chi connectivity index (χ1v) is 9.05. The topological polar surface area (TPSA) is 15.3 Å². The van der Waals surface area contributed by atoms with Crippen LogP contribution in [0.1, 0.15) is 64.7 Å². The van der Waals surface area contributed by atoms with E-state index < -0.39 is 0 Å². The van der Waals surface area contributed by atoms with Gasteiger partial charge in [-0.1, -0.05) is 39.0 Å². The zero-order valence-corrected chi connectivity index (χ0v) is 13.2. The molecule has 0 amide bonds. The van der Waals surface area contributed by atoms with E-state index in [1.54, 1.807) is 5.57 Å². The van der Waals surface area contributed by atoms with E-state index in [-0.39, 0.29) is 0 Å². The summed E-state index contributed by atoms with van der Waals surface area (Å²) in [6.07, 6.45) is 15.7. The highest BCUT2D eigenvalue weighted by Gasteiger charge is 2.37. The molecular formula is C18H32N2. The van der Waals surface area contributed by atoms with Gasteiger partial charge < -0.3 is 10.2 Å². The average Bonchev–Trinajstić information content (AvgIpc) is 2.85. The summed E-state index contributed by atoms with van der Waals surface area (Å²) in [6.45, 7) is 5.78. The first-order valence-electron chi connectivity index (χ1n) is 9.05. The van der Waals surface area contributed by atoms with Crippen molar-refractivity contribution in [2.75, 3.05) is 19.6 Å². The van der Waals surface area contributed by atoms with Crippen LogP contribution in [0.15, 0.2) is 11.8 Å². The first-order chi connectivity index (χ1) is 9.88. The Hall–Kier alpha value is -0.500. The molecule has 1 heterocycles. The van der Waals surface area contributed by atoms with Crippen molar-refractivity contribution >= 4 is 0 Å². The van der Waals surface area contributed by atoms with Gasteiger partial charge >= 0.3 is 0 Å². The summed E-state index contributed by atoms with van der Waals surface area (Å²) < 4.78 is 0. The molecule has 0 radical (unpaired) electrons. The van der Waals surface area contributed by atoms with Gasteiger partial charge in [0.2, 0.25) is 0 Å². The van der Waals surface area contributed by atoms with Crippen LogP contribution in [0.5, 0.6) is 0 Å². The minimum Gasteiger partial charge on any atom is -0.374 e. The highest BCUT2D eigenvalue weighted by molar-refractivity contribution is 5.19. The SMILES string of the molecule is CCNCC1=CN(CC2CCCCC2)C2CCCCC12. The van der Waals surface area contributed by atoms with Gasteiger partial charge in [0.25, 0.3) is 0 Å². The second kappa shape index (κ2) is 6.98. The number of nitrogens with one attached hydrogen (secondary N) is 1. The predicted molar refractivity (Wildman–Crippen MR) is 85.7 cm³/mol. The van der Waals surface area contributed by atoms with Crippen molar-refractivity contribution in [1.82, 2.24) is 10.2 Å². The zero-order chi connectivity index (χ0) is 13.8. The maximum absolute atomic E-state index is 3.55. The molecule has 2 atom stereocenters. The molecule has 20 heavy (non-hydrogen) atoms. The van der Waals surface area contributed by atoms with Crippen molar-refractivity contribution in [3.8, 4) is 0 Å². The number of nitrogens with zero attached hydrogens (tertiary/aromatic N) is 1. The van der Waals surface area contributed by atoms with Crippen LogP contribution >= 0.6 is 0 Å². The smallest absolute Gasteiger partial charge is 0.0351 e. The zero-order valence-electron chi connectivity index (χ0n) is 13.2. The lowest BCUT2D eigenvalue weighted by molar-refractivity contribution is 0.162. The van der Waals surface area contributed by atoms with Crippen molar-refractivity contribution in [2.24, 2.45) is 11.8 Å². The normalized spacial score (nSPS) is 31.2. The quantitative estimate of drug-likeness (QED) is 0.818. The Morgan fingerprint density at radius 1 is 1.05 bits per heavy atom. The van der Waals surface area contributed by atoms with Crippen LogP contribution in [0.4, 0.5) is 0 Å². The van der Waals surface area contributed by atoms with Crippen molar-refractivity contribution in [3.05, 3.63) is 11.8 Å². The monoisotopic (exact) mass is 276 g/mol. The maximum Gasteiger partial charge on any atom is 0.0351 e. The van der Waals surface area contributed by atoms with Gasteiger partial charge in [-0.05, 0) is 43.7 Å². The third kappa shape index (κ3) is 3.21. The van der Waals surface area contributed by atoms with Crippen LogP contribution in [-0.2, 0) is 0 Å². The molecule has 0 spiro atoms. The summed E-state index contributed by atoms with van der Waals surface area (Å²) >= 11 is 0. The van der Waals surface area contributed by atoms with Gasteiger partial charge in [-0.3, -0.25) is 0 Å². The highest BCUT2D eigenvalue weighted by Crippen LogP contribution is 2.40. The van der Waals surface area contributed by atoms with Gasteiger partial charge in [-0.25, -0.2) is 0 Å². The number of likely N-dealkylation sites (N-methyl/N-ethyl adjacent to an activating group) is 1. The van der Waals surface area contributed by atoms with Crippen LogP contribution in [0.3, 0.4) is 0 Å². The summed E-state index contributed by atoms with van der Waals surface area (Å²) in [4.78, 5) is 2.76.